The molecule has 0 spiro atoms. The second-order valence-corrected chi connectivity index (χ2v) is 5.53. The first-order valence-corrected chi connectivity index (χ1v) is 7.95. The molecule has 1 atom stereocenters. The lowest BCUT2D eigenvalue weighted by Gasteiger charge is -2.00. The van der Waals surface area contributed by atoms with Crippen molar-refractivity contribution in [3.05, 3.63) is 0 Å². The molecule has 0 aliphatic heterocycles. The Morgan fingerprint density at radius 3 is 2.50 bits per heavy atom. The quantitative estimate of drug-likeness (QED) is 0.373. The molecule has 1 unspecified atom stereocenters. The number of hydrogen-bond acceptors (Lipinski definition) is 4. The first-order valence-electron chi connectivity index (χ1n) is 4.05. The molecule has 0 saturated heterocycles. The highest BCUT2D eigenvalue weighted by molar-refractivity contribution is 8.76. The topological polar surface area (TPSA) is 29.5 Å². The van der Waals surface area contributed by atoms with Gasteiger partial charge in [0.15, 0.2) is 0 Å². The van der Waals surface area contributed by atoms with E-state index in [0.29, 0.717) is 15.4 Å². The molecule has 0 aromatic heterocycles. The van der Waals surface area contributed by atoms with Crippen LogP contribution in [0.3, 0.4) is 0 Å². The van der Waals surface area contributed by atoms with Crippen LogP contribution < -0.4 is 0 Å². The Bertz CT molecular complexity index is 75.8. The van der Waals surface area contributed by atoms with Crippen LogP contribution in [-0.2, 0) is 4.52 Å². The Morgan fingerprint density at radius 2 is 1.92 bits per heavy atom. The van der Waals surface area contributed by atoms with E-state index < -0.39 is 0 Å². The molecule has 0 aliphatic rings. The van der Waals surface area contributed by atoms with Crippen molar-refractivity contribution in [3.63, 3.8) is 0 Å². The Kier molecular flexibility index (Phi) is 13.1. The molecule has 12 heavy (non-hydrogen) atoms. The van der Waals surface area contributed by atoms with E-state index in [1.807, 2.05) is 28.3 Å². The normalized spacial score (nSPS) is 11.5. The number of hydrogen-bond donors (Lipinski definition) is 1. The summed E-state index contributed by atoms with van der Waals surface area (Å²) in [6, 6.07) is 0. The summed E-state index contributed by atoms with van der Waals surface area (Å²) in [6.07, 6.45) is 2.04. The highest BCUT2D eigenvalue weighted by Gasteiger charge is 1.90. The van der Waals surface area contributed by atoms with Crippen molar-refractivity contribution in [1.82, 2.24) is 0 Å². The maximum atomic E-state index is 8.50. The Balaban J connectivity index is 2.73. The summed E-state index contributed by atoms with van der Waals surface area (Å²) in [5.74, 6) is 2.21. The lowest BCUT2D eigenvalue weighted by molar-refractivity contribution is 0.296. The molecule has 0 rings (SSSR count). The van der Waals surface area contributed by atoms with Gasteiger partial charge in [-0.2, -0.15) is 0 Å². The van der Waals surface area contributed by atoms with Crippen molar-refractivity contribution < 1.29 is 9.63 Å². The van der Waals surface area contributed by atoms with Crippen molar-refractivity contribution >= 4 is 30.4 Å². The molecule has 0 aliphatic carbocycles. The van der Waals surface area contributed by atoms with Crippen LogP contribution in [0.25, 0.3) is 0 Å². The first-order chi connectivity index (χ1) is 5.91. The average Bonchev–Trinajstić information content (AvgIpc) is 2.10. The van der Waals surface area contributed by atoms with Gasteiger partial charge in [0.25, 0.3) is 0 Å². The van der Waals surface area contributed by atoms with Crippen LogP contribution in [0.1, 0.15) is 12.8 Å². The molecule has 0 aromatic carbocycles. The van der Waals surface area contributed by atoms with Crippen molar-refractivity contribution in [1.29, 1.82) is 0 Å². The summed E-state index contributed by atoms with van der Waals surface area (Å²) in [6.45, 7) is 3.25. The van der Waals surface area contributed by atoms with E-state index in [-0.39, 0.29) is 0 Å². The molecule has 0 saturated carbocycles. The highest BCUT2D eigenvalue weighted by atomic mass is 33.1. The van der Waals surface area contributed by atoms with Crippen LogP contribution in [-0.4, -0.2) is 36.5 Å². The van der Waals surface area contributed by atoms with Crippen LogP contribution in [0.2, 0.25) is 0 Å². The number of aliphatic hydroxyl groups is 1. The van der Waals surface area contributed by atoms with E-state index in [0.717, 1.165) is 31.0 Å². The van der Waals surface area contributed by atoms with Gasteiger partial charge in [-0.05, 0) is 19.5 Å². The highest BCUT2D eigenvalue weighted by Crippen LogP contribution is 2.22. The molecule has 1 N–H and O–H groups in total. The third-order valence-electron chi connectivity index (χ3n) is 1.09. The molecule has 0 bridgehead atoms. The summed E-state index contributed by atoms with van der Waals surface area (Å²) in [5, 5.41) is 8.50. The van der Waals surface area contributed by atoms with Gasteiger partial charge in [-0.3, -0.25) is 0 Å². The van der Waals surface area contributed by atoms with Crippen LogP contribution in [0.5, 0.6) is 0 Å². The van der Waals surface area contributed by atoms with Gasteiger partial charge >= 0.3 is 0 Å². The van der Waals surface area contributed by atoms with Crippen LogP contribution in [0.4, 0.5) is 0 Å². The minimum Gasteiger partial charge on any atom is -0.396 e. The molecule has 5 heteroatoms. The molecule has 74 valence electrons. The van der Waals surface area contributed by atoms with Crippen LogP contribution in [0.15, 0.2) is 0 Å². The first kappa shape index (κ1) is 13.1. The largest absolute Gasteiger partial charge is 0.396 e. The van der Waals surface area contributed by atoms with Gasteiger partial charge in [-0.1, -0.05) is 21.6 Å². The summed E-state index contributed by atoms with van der Waals surface area (Å²) >= 11 is 0. The number of aliphatic hydroxyl groups excluding tert-OH is 1. The maximum Gasteiger partial charge on any atom is 0.0513 e. The molecule has 0 fully saturated rings. The van der Waals surface area contributed by atoms with E-state index in [1.54, 1.807) is 0 Å². The second-order valence-electron chi connectivity index (χ2n) is 2.13. The lowest BCUT2D eigenvalue weighted by atomic mass is 10.5. The lowest BCUT2D eigenvalue weighted by Crippen LogP contribution is -1.87. The molecule has 0 amide bonds. The maximum absolute atomic E-state index is 8.50. The monoisotopic (exact) mass is 228 g/mol. The fraction of sp³-hybridized carbons (Fsp3) is 1.00. The Labute approximate surface area is 84.5 Å². The number of rotatable bonds is 9. The fourth-order valence-electron chi connectivity index (χ4n) is 0.533. The molecule has 0 radical (unpaired) electrons. The van der Waals surface area contributed by atoms with E-state index in [2.05, 4.69) is 0 Å². The van der Waals surface area contributed by atoms with E-state index >= 15 is 0 Å². The van der Waals surface area contributed by atoms with Gasteiger partial charge in [-0.25, -0.2) is 0 Å². The Hall–Kier alpha value is 1.05. The van der Waals surface area contributed by atoms with Gasteiger partial charge in [-0.15, -0.1) is 0 Å². The van der Waals surface area contributed by atoms with E-state index in [4.69, 9.17) is 9.63 Å². The van der Waals surface area contributed by atoms with Crippen molar-refractivity contribution in [2.24, 2.45) is 0 Å². The zero-order valence-corrected chi connectivity index (χ0v) is 10.0. The van der Waals surface area contributed by atoms with Crippen molar-refractivity contribution in [3.8, 4) is 0 Å². The molecule has 0 aromatic rings. The van der Waals surface area contributed by atoms with Gasteiger partial charge in [0, 0.05) is 26.9 Å². The van der Waals surface area contributed by atoms with E-state index in [9.17, 15) is 0 Å². The standard InChI is InChI=1S/C7H17O2PS2/c1-10-9-5-3-7-12-11-6-2-4-8/h8,10H,2-7H2,1H3. The van der Waals surface area contributed by atoms with Gasteiger partial charge in [0.2, 0.25) is 0 Å². The fourth-order valence-corrected chi connectivity index (χ4v) is 3.01. The van der Waals surface area contributed by atoms with Crippen molar-refractivity contribution in [2.45, 2.75) is 12.8 Å². The zero-order chi connectivity index (χ0) is 9.07. The molecular formula is C7H17O2PS2. The smallest absolute Gasteiger partial charge is 0.0513 e. The Morgan fingerprint density at radius 1 is 1.25 bits per heavy atom. The van der Waals surface area contributed by atoms with Crippen molar-refractivity contribution in [2.75, 3.05) is 31.4 Å². The SMILES string of the molecule is CPOCCCSSCCCO. The van der Waals surface area contributed by atoms with Crippen LogP contribution >= 0.6 is 30.4 Å². The van der Waals surface area contributed by atoms with Crippen LogP contribution in [0, 0.1) is 0 Å². The predicted molar refractivity (Wildman–Crippen MR) is 61.4 cm³/mol. The average molecular weight is 228 g/mol. The minimum atomic E-state index is 0.313. The summed E-state index contributed by atoms with van der Waals surface area (Å²) in [5.41, 5.74) is 0. The molecule has 2 nitrogen and oxygen atoms in total. The molecular weight excluding hydrogens is 211 g/mol. The minimum absolute atomic E-state index is 0.313. The van der Waals surface area contributed by atoms with Gasteiger partial charge in [0.05, 0.1) is 6.61 Å². The zero-order valence-electron chi connectivity index (χ0n) is 7.41. The summed E-state index contributed by atoms with van der Waals surface area (Å²) in [7, 11) is 4.33. The third-order valence-corrected chi connectivity index (χ3v) is 4.16. The van der Waals surface area contributed by atoms with E-state index in [1.165, 1.54) is 0 Å². The predicted octanol–water partition coefficient (Wildman–Crippen LogP) is 2.38. The third kappa shape index (κ3) is 11.1. The second kappa shape index (κ2) is 12.0. The van der Waals surface area contributed by atoms with Gasteiger partial charge in [0.1, 0.15) is 0 Å². The van der Waals surface area contributed by atoms with Gasteiger partial charge < -0.3 is 9.63 Å². The summed E-state index contributed by atoms with van der Waals surface area (Å²) in [4.78, 5) is 0. The summed E-state index contributed by atoms with van der Waals surface area (Å²) < 4.78 is 5.23. The molecule has 0 heterocycles.